The Hall–Kier alpha value is -1.74. The van der Waals surface area contributed by atoms with Crippen LogP contribution in [0.25, 0.3) is 0 Å². The number of aliphatic imine (C=N–C) groups is 1. The molecule has 2 aromatic rings. The van der Waals surface area contributed by atoms with E-state index in [4.69, 9.17) is 9.05 Å². The number of rotatable bonds is 8. The summed E-state index contributed by atoms with van der Waals surface area (Å²) in [6.45, 7) is 6.70. The van der Waals surface area contributed by atoms with Gasteiger partial charge in [-0.3, -0.25) is 4.99 Å². The van der Waals surface area contributed by atoms with Gasteiger partial charge in [0, 0.05) is 58.2 Å². The van der Waals surface area contributed by atoms with Gasteiger partial charge in [0.1, 0.15) is 12.0 Å². The zero-order valence-electron chi connectivity index (χ0n) is 18.0. The van der Waals surface area contributed by atoms with Crippen LogP contribution in [0.5, 0.6) is 0 Å². The van der Waals surface area contributed by atoms with Crippen LogP contribution in [0.1, 0.15) is 43.6 Å². The Morgan fingerprint density at radius 3 is 2.58 bits per heavy atom. The maximum Gasteiger partial charge on any atom is 0.226 e. The molecule has 3 rings (SSSR count). The Morgan fingerprint density at radius 1 is 1.26 bits per heavy atom. The van der Waals surface area contributed by atoms with Crippen LogP contribution in [-0.4, -0.2) is 78.7 Å². The highest BCUT2D eigenvalue weighted by atomic mass is 127. The second kappa shape index (κ2) is 11.8. The number of guanidine groups is 1. The van der Waals surface area contributed by atoms with E-state index in [2.05, 4.69) is 30.5 Å². The smallest absolute Gasteiger partial charge is 0.226 e. The van der Waals surface area contributed by atoms with Crippen molar-refractivity contribution in [2.24, 2.45) is 4.99 Å². The molecule has 1 saturated heterocycles. The number of halogens is 1. The lowest BCUT2D eigenvalue weighted by atomic mass is 10.2. The van der Waals surface area contributed by atoms with E-state index < -0.39 is 10.0 Å². The maximum absolute atomic E-state index is 12.5. The minimum Gasteiger partial charge on any atom is -0.364 e. The van der Waals surface area contributed by atoms with Crippen molar-refractivity contribution in [1.82, 2.24) is 29.8 Å². The van der Waals surface area contributed by atoms with Crippen LogP contribution in [0.3, 0.4) is 0 Å². The fourth-order valence-corrected chi connectivity index (χ4v) is 4.57. The van der Waals surface area contributed by atoms with Gasteiger partial charge in [0.05, 0.1) is 5.69 Å². The molecule has 0 atom stereocenters. The Bertz CT molecular complexity index is 923. The molecule has 0 unspecified atom stereocenters. The number of sulfonamides is 1. The predicted octanol–water partition coefficient (Wildman–Crippen LogP) is 1.45. The van der Waals surface area contributed by atoms with Crippen molar-refractivity contribution in [3.63, 3.8) is 0 Å². The molecule has 0 spiro atoms. The van der Waals surface area contributed by atoms with Gasteiger partial charge in [-0.15, -0.1) is 24.0 Å². The summed E-state index contributed by atoms with van der Waals surface area (Å²) in [5.74, 6) is 2.23. The average Bonchev–Trinajstić information content (AvgIpc) is 3.40. The zero-order chi connectivity index (χ0) is 21.6. The molecule has 0 radical (unpaired) electrons. The minimum absolute atomic E-state index is 0. The summed E-state index contributed by atoms with van der Waals surface area (Å²) in [6, 6.07) is 1.57. The lowest BCUT2D eigenvalue weighted by molar-refractivity contribution is 0.259. The highest BCUT2D eigenvalue weighted by Crippen LogP contribution is 2.13. The van der Waals surface area contributed by atoms with Crippen molar-refractivity contribution in [3.8, 4) is 0 Å². The van der Waals surface area contributed by atoms with E-state index in [1.54, 1.807) is 13.1 Å². The molecule has 174 valence electrons. The van der Waals surface area contributed by atoms with E-state index in [0.717, 1.165) is 18.2 Å². The van der Waals surface area contributed by atoms with Crippen LogP contribution >= 0.6 is 24.0 Å². The first-order valence-corrected chi connectivity index (χ1v) is 11.6. The van der Waals surface area contributed by atoms with Crippen LogP contribution in [0, 0.1) is 0 Å². The van der Waals surface area contributed by atoms with Crippen LogP contribution in [0.15, 0.2) is 26.4 Å². The highest BCUT2D eigenvalue weighted by Gasteiger charge is 2.28. The van der Waals surface area contributed by atoms with Crippen molar-refractivity contribution in [2.45, 2.75) is 38.4 Å². The van der Waals surface area contributed by atoms with E-state index in [0.29, 0.717) is 50.7 Å². The molecule has 0 amide bonds. The Labute approximate surface area is 199 Å². The van der Waals surface area contributed by atoms with E-state index in [-0.39, 0.29) is 35.6 Å². The first kappa shape index (κ1) is 25.5. The normalized spacial score (nSPS) is 15.9. The van der Waals surface area contributed by atoms with Gasteiger partial charge in [0.2, 0.25) is 15.9 Å². The van der Waals surface area contributed by atoms with Gasteiger partial charge in [-0.1, -0.05) is 24.2 Å². The molecule has 1 N–H and O–H groups in total. The van der Waals surface area contributed by atoms with Gasteiger partial charge < -0.3 is 19.3 Å². The molecule has 1 aliphatic heterocycles. The molecule has 2 aromatic heterocycles. The number of piperazine rings is 1. The standard InChI is InChI=1S/C18H29N7O4S.HI/c1-14(2)17-21-16(29-23-17)5-4-7-20-18(19-3)24-8-10-25(11-9-24)30(26,27)13-15-6-12-28-22-15;/h6,12,14H,4-5,7-11,13H2,1-3H3,(H,19,20);1H. The monoisotopic (exact) mass is 567 g/mol. The van der Waals surface area contributed by atoms with Gasteiger partial charge in [0.25, 0.3) is 0 Å². The SMILES string of the molecule is CN=C(NCCCc1nc(C(C)C)no1)N1CCN(S(=O)(=O)Cc2ccon2)CC1.I. The average molecular weight is 567 g/mol. The number of aryl methyl sites for hydroxylation is 1. The van der Waals surface area contributed by atoms with E-state index in [9.17, 15) is 8.42 Å². The second-order valence-electron chi connectivity index (χ2n) is 7.41. The molecular weight excluding hydrogens is 537 g/mol. The third-order valence-corrected chi connectivity index (χ3v) is 6.63. The van der Waals surface area contributed by atoms with Crippen molar-refractivity contribution in [3.05, 3.63) is 29.7 Å². The van der Waals surface area contributed by atoms with E-state index in [1.807, 2.05) is 13.8 Å². The lowest BCUT2D eigenvalue weighted by Gasteiger charge is -2.35. The molecular formula is C18H30IN7O4S. The quantitative estimate of drug-likeness (QED) is 0.218. The fraction of sp³-hybridized carbons (Fsp3) is 0.667. The number of nitrogens with zero attached hydrogens (tertiary/aromatic N) is 6. The summed E-state index contributed by atoms with van der Waals surface area (Å²) >= 11 is 0. The first-order chi connectivity index (χ1) is 14.4. The Balaban J connectivity index is 0.00000341. The zero-order valence-corrected chi connectivity index (χ0v) is 21.2. The summed E-state index contributed by atoms with van der Waals surface area (Å²) in [4.78, 5) is 10.8. The van der Waals surface area contributed by atoms with Crippen LogP contribution in [0.2, 0.25) is 0 Å². The molecule has 0 saturated carbocycles. The van der Waals surface area contributed by atoms with Crippen molar-refractivity contribution >= 4 is 40.0 Å². The van der Waals surface area contributed by atoms with Gasteiger partial charge in [-0.05, 0) is 6.42 Å². The maximum atomic E-state index is 12.5. The Morgan fingerprint density at radius 2 is 2.00 bits per heavy atom. The Kier molecular flexibility index (Phi) is 9.68. The summed E-state index contributed by atoms with van der Waals surface area (Å²) in [7, 11) is -1.69. The largest absolute Gasteiger partial charge is 0.364 e. The molecule has 1 fully saturated rings. The molecule has 31 heavy (non-hydrogen) atoms. The van der Waals surface area contributed by atoms with E-state index in [1.165, 1.54) is 10.6 Å². The molecule has 11 nitrogen and oxygen atoms in total. The highest BCUT2D eigenvalue weighted by molar-refractivity contribution is 14.0. The summed E-state index contributed by atoms with van der Waals surface area (Å²) in [5.41, 5.74) is 0.414. The van der Waals surface area contributed by atoms with Crippen molar-refractivity contribution in [1.29, 1.82) is 0 Å². The lowest BCUT2D eigenvalue weighted by Crippen LogP contribution is -2.54. The fourth-order valence-electron chi connectivity index (χ4n) is 3.14. The molecule has 0 bridgehead atoms. The molecule has 1 aliphatic rings. The third-order valence-electron chi connectivity index (χ3n) is 4.82. The topological polar surface area (TPSA) is 130 Å². The number of hydrogen-bond acceptors (Lipinski definition) is 8. The van der Waals surface area contributed by atoms with Crippen LogP contribution in [0.4, 0.5) is 0 Å². The van der Waals surface area contributed by atoms with Crippen LogP contribution < -0.4 is 5.32 Å². The van der Waals surface area contributed by atoms with Crippen molar-refractivity contribution in [2.75, 3.05) is 39.8 Å². The van der Waals surface area contributed by atoms with Gasteiger partial charge in [-0.2, -0.15) is 9.29 Å². The minimum atomic E-state index is -3.42. The van der Waals surface area contributed by atoms with E-state index >= 15 is 0 Å². The predicted molar refractivity (Wildman–Crippen MR) is 126 cm³/mol. The summed E-state index contributed by atoms with van der Waals surface area (Å²) in [6.07, 6.45) is 2.89. The number of hydrogen-bond donors (Lipinski definition) is 1. The second-order valence-corrected chi connectivity index (χ2v) is 9.38. The number of nitrogens with one attached hydrogen (secondary N) is 1. The molecule has 0 aromatic carbocycles. The summed E-state index contributed by atoms with van der Waals surface area (Å²) in [5, 5.41) is 11.0. The molecule has 3 heterocycles. The van der Waals surface area contributed by atoms with Gasteiger partial charge in [0.15, 0.2) is 11.8 Å². The first-order valence-electron chi connectivity index (χ1n) is 10.0. The van der Waals surface area contributed by atoms with Crippen LogP contribution in [-0.2, 0) is 22.2 Å². The third kappa shape index (κ3) is 7.14. The number of aromatic nitrogens is 3. The van der Waals surface area contributed by atoms with Gasteiger partial charge in [-0.25, -0.2) is 8.42 Å². The summed E-state index contributed by atoms with van der Waals surface area (Å²) < 4.78 is 36.6. The van der Waals surface area contributed by atoms with Gasteiger partial charge >= 0.3 is 0 Å². The molecule has 0 aliphatic carbocycles. The molecule has 13 heteroatoms. The van der Waals surface area contributed by atoms with Crippen molar-refractivity contribution < 1.29 is 17.5 Å².